The summed E-state index contributed by atoms with van der Waals surface area (Å²) in [5, 5.41) is 0. The molecular weight excluding hydrogens is 230 g/mol. The monoisotopic (exact) mass is 249 g/mol. The normalized spacial score (nSPS) is 40.4. The van der Waals surface area contributed by atoms with Crippen LogP contribution in [-0.2, 0) is 14.3 Å². The third kappa shape index (κ3) is 1.38. The molecule has 0 aromatic rings. The summed E-state index contributed by atoms with van der Waals surface area (Å²) in [5.74, 6) is 0.919. The van der Waals surface area contributed by atoms with Crippen LogP contribution < -0.4 is 0 Å². The molecule has 5 unspecified atom stereocenters. The second kappa shape index (κ2) is 3.84. The van der Waals surface area contributed by atoms with Crippen LogP contribution in [0, 0.1) is 17.8 Å². The average molecular weight is 249 g/mol. The molecule has 3 fully saturated rings. The second-order valence-corrected chi connectivity index (χ2v) is 5.77. The molecule has 0 N–H and O–H groups in total. The number of likely N-dealkylation sites (N-methyl/N-ethyl adjacent to an activating group) is 1. The van der Waals surface area contributed by atoms with E-state index in [0.29, 0.717) is 24.0 Å². The highest BCUT2D eigenvalue weighted by Crippen LogP contribution is 2.56. The highest BCUT2D eigenvalue weighted by molar-refractivity contribution is 5.88. The first kappa shape index (κ1) is 11.8. The van der Waals surface area contributed by atoms with Crippen molar-refractivity contribution in [2.45, 2.75) is 38.8 Å². The minimum absolute atomic E-state index is 0.109. The van der Waals surface area contributed by atoms with Gasteiger partial charge in [-0.25, -0.2) is 4.79 Å². The summed E-state index contributed by atoms with van der Waals surface area (Å²) < 4.78 is 5.58. The van der Waals surface area contributed by atoms with Crippen LogP contribution in [0.4, 0.5) is 0 Å². The highest BCUT2D eigenvalue weighted by Gasteiger charge is 2.64. The quantitative estimate of drug-likeness (QED) is 0.560. The molecule has 2 bridgehead atoms. The summed E-state index contributed by atoms with van der Waals surface area (Å²) in [7, 11) is 0. The van der Waals surface area contributed by atoms with Gasteiger partial charge in [0.1, 0.15) is 6.10 Å². The van der Waals surface area contributed by atoms with Gasteiger partial charge in [0.25, 0.3) is 0 Å². The molecule has 0 aromatic heterocycles. The number of likely N-dealkylation sites (tertiary alicyclic amines) is 1. The Morgan fingerprint density at radius 1 is 1.50 bits per heavy atom. The van der Waals surface area contributed by atoms with Crippen molar-refractivity contribution in [1.82, 2.24) is 4.90 Å². The zero-order chi connectivity index (χ0) is 13.0. The smallest absolute Gasteiger partial charge is 0.333 e. The standard InChI is InChI=1S/C14H19NO3/c1-4-15-11-9-5-8(6-10(9)13(15)16)12(11)18-14(17)7(2)3/h8-12H,2,4-6H2,1,3H3. The molecule has 18 heavy (non-hydrogen) atoms. The van der Waals surface area contributed by atoms with Gasteiger partial charge in [-0.2, -0.15) is 0 Å². The molecule has 2 saturated carbocycles. The third-order valence-electron chi connectivity index (χ3n) is 4.78. The predicted octanol–water partition coefficient (Wildman–Crippen LogP) is 1.36. The fourth-order valence-corrected chi connectivity index (χ4v) is 4.09. The van der Waals surface area contributed by atoms with Gasteiger partial charge in [0.05, 0.1) is 6.04 Å². The summed E-state index contributed by atoms with van der Waals surface area (Å²) in [6, 6.07) is 0.120. The first-order valence-electron chi connectivity index (χ1n) is 6.71. The van der Waals surface area contributed by atoms with Gasteiger partial charge in [-0.3, -0.25) is 4.79 Å². The predicted molar refractivity (Wildman–Crippen MR) is 65.6 cm³/mol. The van der Waals surface area contributed by atoms with Crippen molar-refractivity contribution in [2.24, 2.45) is 17.8 Å². The van der Waals surface area contributed by atoms with Gasteiger partial charge in [-0.15, -0.1) is 0 Å². The third-order valence-corrected chi connectivity index (χ3v) is 4.78. The highest BCUT2D eigenvalue weighted by atomic mass is 16.5. The van der Waals surface area contributed by atoms with E-state index in [1.165, 1.54) is 0 Å². The number of ether oxygens (including phenoxy) is 1. The van der Waals surface area contributed by atoms with Crippen molar-refractivity contribution in [1.29, 1.82) is 0 Å². The molecule has 1 aliphatic heterocycles. The summed E-state index contributed by atoms with van der Waals surface area (Å²) >= 11 is 0. The molecule has 4 nitrogen and oxygen atoms in total. The molecule has 1 saturated heterocycles. The van der Waals surface area contributed by atoms with Crippen molar-refractivity contribution in [3.8, 4) is 0 Å². The van der Waals surface area contributed by atoms with E-state index < -0.39 is 0 Å². The fourth-order valence-electron chi connectivity index (χ4n) is 4.09. The first-order chi connectivity index (χ1) is 8.54. The summed E-state index contributed by atoms with van der Waals surface area (Å²) in [6.45, 7) is 7.99. The van der Waals surface area contributed by atoms with E-state index >= 15 is 0 Å². The lowest BCUT2D eigenvalue weighted by molar-refractivity contribution is -0.150. The number of nitrogens with zero attached hydrogens (tertiary/aromatic N) is 1. The topological polar surface area (TPSA) is 46.6 Å². The zero-order valence-electron chi connectivity index (χ0n) is 10.9. The minimum Gasteiger partial charge on any atom is -0.457 e. The van der Waals surface area contributed by atoms with Crippen molar-refractivity contribution in [3.63, 3.8) is 0 Å². The van der Waals surface area contributed by atoms with Crippen molar-refractivity contribution >= 4 is 11.9 Å². The van der Waals surface area contributed by atoms with E-state index in [1.54, 1.807) is 6.92 Å². The Balaban J connectivity index is 1.84. The van der Waals surface area contributed by atoms with Crippen LogP contribution >= 0.6 is 0 Å². The molecule has 1 heterocycles. The van der Waals surface area contributed by atoms with Crippen molar-refractivity contribution in [3.05, 3.63) is 12.2 Å². The van der Waals surface area contributed by atoms with Crippen LogP contribution in [0.3, 0.4) is 0 Å². The molecule has 0 aromatic carbocycles. The molecule has 1 amide bonds. The number of fused-ring (bicyclic) bond motifs is 1. The Bertz CT molecular complexity index is 431. The molecule has 5 atom stereocenters. The Morgan fingerprint density at radius 3 is 2.83 bits per heavy atom. The SMILES string of the molecule is C=C(C)C(=O)OC1C2CC3C(=O)N(CC)C1C3C2. The van der Waals surface area contributed by atoms with Crippen molar-refractivity contribution < 1.29 is 14.3 Å². The van der Waals surface area contributed by atoms with Gasteiger partial charge < -0.3 is 9.64 Å². The Hall–Kier alpha value is -1.32. The van der Waals surface area contributed by atoms with E-state index in [9.17, 15) is 9.59 Å². The zero-order valence-corrected chi connectivity index (χ0v) is 10.9. The lowest BCUT2D eigenvalue weighted by Crippen LogP contribution is -2.44. The Kier molecular flexibility index (Phi) is 2.50. The Morgan fingerprint density at radius 2 is 2.22 bits per heavy atom. The van der Waals surface area contributed by atoms with E-state index in [4.69, 9.17) is 4.74 Å². The summed E-state index contributed by atoms with van der Waals surface area (Å²) in [6.07, 6.45) is 1.82. The fraction of sp³-hybridized carbons (Fsp3) is 0.714. The number of amides is 1. The number of hydrogen-bond donors (Lipinski definition) is 0. The van der Waals surface area contributed by atoms with Gasteiger partial charge in [0.2, 0.25) is 5.91 Å². The molecule has 0 radical (unpaired) electrons. The molecule has 4 heteroatoms. The average Bonchev–Trinajstić information content (AvgIpc) is 2.92. The van der Waals surface area contributed by atoms with E-state index in [2.05, 4.69) is 6.58 Å². The Labute approximate surface area is 107 Å². The maximum absolute atomic E-state index is 12.2. The lowest BCUT2D eigenvalue weighted by Gasteiger charge is -2.31. The maximum Gasteiger partial charge on any atom is 0.333 e. The van der Waals surface area contributed by atoms with Gasteiger partial charge in [0.15, 0.2) is 0 Å². The van der Waals surface area contributed by atoms with Gasteiger partial charge in [0, 0.05) is 18.0 Å². The van der Waals surface area contributed by atoms with E-state index in [1.807, 2.05) is 11.8 Å². The number of hydrogen-bond acceptors (Lipinski definition) is 3. The number of rotatable bonds is 3. The molecule has 0 spiro atoms. The van der Waals surface area contributed by atoms with Crippen molar-refractivity contribution in [2.75, 3.05) is 6.54 Å². The second-order valence-electron chi connectivity index (χ2n) is 5.77. The molecular formula is C14H19NO3. The number of carbonyl (C=O) groups is 2. The van der Waals surface area contributed by atoms with Gasteiger partial charge >= 0.3 is 5.97 Å². The maximum atomic E-state index is 12.2. The van der Waals surface area contributed by atoms with Crippen LogP contribution in [0.15, 0.2) is 12.2 Å². The lowest BCUT2D eigenvalue weighted by atomic mass is 9.87. The van der Waals surface area contributed by atoms with Crippen LogP contribution in [-0.4, -0.2) is 35.5 Å². The van der Waals surface area contributed by atoms with E-state index in [0.717, 1.165) is 12.8 Å². The number of carbonyl (C=O) groups excluding carboxylic acids is 2. The molecule has 3 aliphatic rings. The summed E-state index contributed by atoms with van der Waals surface area (Å²) in [5.41, 5.74) is 0.432. The van der Waals surface area contributed by atoms with Crippen LogP contribution in [0.2, 0.25) is 0 Å². The minimum atomic E-state index is -0.320. The van der Waals surface area contributed by atoms with Crippen LogP contribution in [0.1, 0.15) is 26.7 Å². The summed E-state index contributed by atoms with van der Waals surface area (Å²) in [4.78, 5) is 25.8. The van der Waals surface area contributed by atoms with Crippen LogP contribution in [0.25, 0.3) is 0 Å². The van der Waals surface area contributed by atoms with Crippen LogP contribution in [0.5, 0.6) is 0 Å². The molecule has 3 rings (SSSR count). The molecule has 98 valence electrons. The van der Waals surface area contributed by atoms with Gasteiger partial charge in [-0.05, 0) is 38.5 Å². The largest absolute Gasteiger partial charge is 0.457 e. The van der Waals surface area contributed by atoms with E-state index in [-0.39, 0.29) is 29.9 Å². The van der Waals surface area contributed by atoms with Gasteiger partial charge in [-0.1, -0.05) is 6.58 Å². The molecule has 2 aliphatic carbocycles. The first-order valence-corrected chi connectivity index (χ1v) is 6.71. The number of esters is 1.